The minimum atomic E-state index is -0.201. The number of amidine groups is 2. The van der Waals surface area contributed by atoms with Crippen LogP contribution in [-0.2, 0) is 62.2 Å². The molecule has 0 fully saturated rings. The molecule has 37 heavy (non-hydrogen) atoms. The van der Waals surface area contributed by atoms with E-state index < -0.39 is 0 Å². The van der Waals surface area contributed by atoms with Crippen LogP contribution in [-0.4, -0.2) is 22.3 Å². The third kappa shape index (κ3) is 11.6. The van der Waals surface area contributed by atoms with Crippen LogP contribution in [0.5, 0.6) is 0 Å². The molecule has 7 nitrogen and oxygen atoms in total. The summed E-state index contributed by atoms with van der Waals surface area (Å²) in [5.74, 6) is -0.201. The monoisotopic (exact) mass is 649 g/mol. The van der Waals surface area contributed by atoms with E-state index in [0.717, 1.165) is 28.1 Å². The number of allylic oxidation sites excluding steroid dienone is 5. The van der Waals surface area contributed by atoms with Gasteiger partial charge in [0.25, 0.3) is 0 Å². The average molecular weight is 651 g/mol. The maximum absolute atomic E-state index is 12.8. The number of carbonyl (C=O) groups is 1. The van der Waals surface area contributed by atoms with Crippen LogP contribution in [0.1, 0.15) is 18.1 Å². The molecule has 1 aliphatic carbocycles. The normalized spacial score (nSPS) is 14.8. The van der Waals surface area contributed by atoms with Crippen molar-refractivity contribution < 1.29 is 37.0 Å². The summed E-state index contributed by atoms with van der Waals surface area (Å²) in [6.07, 6.45) is 6.47. The molecule has 0 saturated heterocycles. The summed E-state index contributed by atoms with van der Waals surface area (Å²) in [6.45, 7) is 5.90. The van der Waals surface area contributed by atoms with E-state index in [9.17, 15) is 4.79 Å². The van der Waals surface area contributed by atoms with E-state index in [2.05, 4.69) is 56.6 Å². The van der Waals surface area contributed by atoms with E-state index in [-0.39, 0.29) is 33.2 Å². The molecule has 0 bridgehead atoms. The first-order valence-electron chi connectivity index (χ1n) is 10.5. The van der Waals surface area contributed by atoms with Crippen LogP contribution < -0.4 is 16.3 Å². The Morgan fingerprint density at radius 2 is 1.38 bits per heavy atom. The fourth-order valence-electron chi connectivity index (χ4n) is 2.89. The number of benzene rings is 2. The molecule has 0 radical (unpaired) electrons. The van der Waals surface area contributed by atoms with Gasteiger partial charge in [-0.25, -0.2) is 0 Å². The van der Waals surface area contributed by atoms with Gasteiger partial charge in [-0.3, -0.25) is 20.2 Å². The Hall–Kier alpha value is -2.49. The van der Waals surface area contributed by atoms with E-state index in [1.807, 2.05) is 69.3 Å². The second-order valence-corrected chi connectivity index (χ2v) is 8.33. The van der Waals surface area contributed by atoms with Crippen molar-refractivity contribution in [2.24, 2.45) is 15.1 Å². The van der Waals surface area contributed by atoms with Gasteiger partial charge in [-0.1, -0.05) is 35.4 Å². The van der Waals surface area contributed by atoms with Crippen molar-refractivity contribution >= 4 is 69.1 Å². The Kier molecular flexibility index (Phi) is 15.0. The van der Waals surface area contributed by atoms with E-state index in [0.29, 0.717) is 11.1 Å². The van der Waals surface area contributed by atoms with Gasteiger partial charge in [0.1, 0.15) is 0 Å². The minimum Gasteiger partial charge on any atom is 1.00 e. The van der Waals surface area contributed by atoms with E-state index in [4.69, 9.17) is 25.3 Å². The van der Waals surface area contributed by atoms with Crippen molar-refractivity contribution in [3.05, 3.63) is 94.7 Å². The van der Waals surface area contributed by atoms with Gasteiger partial charge in [0, 0.05) is 22.5 Å². The zero-order chi connectivity index (χ0) is 26.5. The Morgan fingerprint density at radius 1 is 0.865 bits per heavy atom. The third-order valence-corrected chi connectivity index (χ3v) is 4.97. The SMILES string of the molecule is CC1=C/C(=C/NNC([S-])=Nc2ccc(C)cc2)C(=O)C(/C=N\NC([S-])=Nc2ccc(C)cc2)=C1.[Cl][Cu+].[Cu+]. The van der Waals surface area contributed by atoms with Crippen LogP contribution in [0.2, 0.25) is 0 Å². The summed E-state index contributed by atoms with van der Waals surface area (Å²) in [6, 6.07) is 15.3. The maximum Gasteiger partial charge on any atom is 1.00 e. The van der Waals surface area contributed by atoms with Crippen LogP contribution in [0.3, 0.4) is 0 Å². The number of halogens is 1. The zero-order valence-electron chi connectivity index (χ0n) is 20.0. The standard InChI is InChI=1S/C25H26N6OS2.ClH.2Cu/c1-16-4-8-21(9-5-16)28-24(33)30-26-14-19-12-18(3)13-20(23(19)32)15-27-31-25(34)29-22-10-6-17(2)7-11-22;;;/h4-15,26H,1-3H3,(H2,28,30,33)(H2,29,31,34);1H;;/q;;+1;+2/p-3/b19-14-,27-15-;;;. The Balaban J connectivity index is 0.00000223. The first-order chi connectivity index (χ1) is 17.3. The summed E-state index contributed by atoms with van der Waals surface area (Å²) in [5, 5.41) is 4.51. The van der Waals surface area contributed by atoms with Crippen molar-refractivity contribution in [1.82, 2.24) is 16.3 Å². The number of aryl methyl sites for hydroxylation is 2. The summed E-state index contributed by atoms with van der Waals surface area (Å²) in [7, 11) is 4.20. The second-order valence-electron chi connectivity index (χ2n) is 7.56. The van der Waals surface area contributed by atoms with Crippen molar-refractivity contribution in [1.29, 1.82) is 0 Å². The average Bonchev–Trinajstić information content (AvgIpc) is 2.86. The number of hydrazine groups is 1. The molecule has 201 valence electrons. The minimum absolute atomic E-state index is 0. The topological polar surface area (TPSA) is 90.2 Å². The van der Waals surface area contributed by atoms with Crippen molar-refractivity contribution in [2.45, 2.75) is 20.8 Å². The molecule has 0 spiro atoms. The largest absolute Gasteiger partial charge is 1.00 e. The fourth-order valence-corrected chi connectivity index (χ4v) is 3.21. The molecule has 0 aliphatic heterocycles. The van der Waals surface area contributed by atoms with Crippen LogP contribution >= 0.6 is 10.1 Å². The summed E-state index contributed by atoms with van der Waals surface area (Å²) in [4.78, 5) is 21.3. The molecule has 2 aromatic rings. The number of ketones is 1. The molecule has 0 heterocycles. The Morgan fingerprint density at radius 3 is 1.92 bits per heavy atom. The third-order valence-electron chi connectivity index (χ3n) is 4.59. The van der Waals surface area contributed by atoms with Gasteiger partial charge in [0.05, 0.1) is 17.6 Å². The molecule has 0 saturated carbocycles. The van der Waals surface area contributed by atoms with Gasteiger partial charge in [-0.2, -0.15) is 5.10 Å². The van der Waals surface area contributed by atoms with Crippen LogP contribution in [0.4, 0.5) is 11.4 Å². The first-order valence-corrected chi connectivity index (χ1v) is 12.6. The van der Waals surface area contributed by atoms with Crippen LogP contribution in [0.25, 0.3) is 0 Å². The Labute approximate surface area is 251 Å². The number of carbonyl (C=O) groups excluding carboxylic acids is 1. The second kappa shape index (κ2) is 17.1. The van der Waals surface area contributed by atoms with Gasteiger partial charge in [-0.05, 0) is 67.9 Å². The molecular weight excluding hydrogens is 627 g/mol. The van der Waals surface area contributed by atoms with Gasteiger partial charge in [0.15, 0.2) is 5.78 Å². The number of nitrogens with zero attached hydrogens (tertiary/aromatic N) is 3. The maximum atomic E-state index is 12.8. The predicted molar refractivity (Wildman–Crippen MR) is 150 cm³/mol. The van der Waals surface area contributed by atoms with E-state index in [1.54, 1.807) is 12.2 Å². The predicted octanol–water partition coefficient (Wildman–Crippen LogP) is 4.77. The molecule has 0 atom stereocenters. The van der Waals surface area contributed by atoms with Crippen LogP contribution in [0, 0.1) is 13.8 Å². The van der Waals surface area contributed by atoms with Gasteiger partial charge in [-0.15, -0.1) is 0 Å². The van der Waals surface area contributed by atoms with Crippen molar-refractivity contribution in [3.63, 3.8) is 0 Å². The number of Topliss-reactive ketones (excluding diaryl/α,β-unsaturated/α-hetero) is 1. The number of hydrogen-bond donors (Lipinski definition) is 3. The quantitative estimate of drug-likeness (QED) is 0.104. The van der Waals surface area contributed by atoms with Gasteiger partial charge >= 0.3 is 42.3 Å². The number of nitrogens with one attached hydrogen (secondary N) is 3. The first kappa shape index (κ1) is 32.5. The number of hydrazone groups is 1. The molecule has 1 aliphatic rings. The molecular formula is C25H24ClCu2N6OS2. The van der Waals surface area contributed by atoms with Gasteiger partial charge < -0.3 is 36.1 Å². The molecule has 3 rings (SSSR count). The zero-order valence-corrected chi connectivity index (χ0v) is 24.2. The number of rotatable bonds is 6. The van der Waals surface area contributed by atoms with Gasteiger partial charge in [0.2, 0.25) is 0 Å². The molecule has 3 N–H and O–H groups in total. The van der Waals surface area contributed by atoms with E-state index in [1.165, 1.54) is 12.4 Å². The fraction of sp³-hybridized carbons (Fsp3) is 0.120. The summed E-state index contributed by atoms with van der Waals surface area (Å²) >= 11 is 14.1. The van der Waals surface area contributed by atoms with E-state index >= 15 is 0 Å². The molecule has 12 heteroatoms. The van der Waals surface area contributed by atoms with Crippen molar-refractivity contribution in [3.8, 4) is 0 Å². The Bertz CT molecular complexity index is 1240. The molecule has 0 aromatic heterocycles. The van der Waals surface area contributed by atoms with Crippen molar-refractivity contribution in [2.75, 3.05) is 0 Å². The molecule has 0 unspecified atom stereocenters. The number of hydrogen-bond acceptors (Lipinski definition) is 7. The molecule has 2 aromatic carbocycles. The van der Waals surface area contributed by atoms with Crippen LogP contribution in [0.15, 0.2) is 98.7 Å². The smallest absolute Gasteiger partial charge is 1.00 e. The molecule has 0 amide bonds. The number of aliphatic imine (C=N–C) groups is 2. The summed E-state index contributed by atoms with van der Waals surface area (Å²) < 4.78 is 0. The summed E-state index contributed by atoms with van der Waals surface area (Å²) in [5.41, 5.74) is 13.8.